The smallest absolute Gasteiger partial charge is 0.249 e. The molecule has 0 unspecified atom stereocenters. The van der Waals surface area contributed by atoms with E-state index in [4.69, 9.17) is 4.74 Å². The third-order valence-corrected chi connectivity index (χ3v) is 4.11. The van der Waals surface area contributed by atoms with Gasteiger partial charge in [-0.15, -0.1) is 0 Å². The number of benzene rings is 1. The van der Waals surface area contributed by atoms with Crippen molar-refractivity contribution in [2.24, 2.45) is 0 Å². The van der Waals surface area contributed by atoms with Crippen LogP contribution in [0.2, 0.25) is 0 Å². The number of fused-ring (bicyclic) bond motifs is 3. The zero-order valence-electron chi connectivity index (χ0n) is 10.9. The number of methoxy groups -OCH3 is 1. The molecule has 5 nitrogen and oxygen atoms in total. The van der Waals surface area contributed by atoms with Crippen LogP contribution >= 0.6 is 0 Å². The average molecular weight is 262 g/mol. The second-order valence-electron chi connectivity index (χ2n) is 5.05. The van der Waals surface area contributed by atoms with E-state index in [2.05, 4.69) is 11.4 Å². The lowest BCUT2D eigenvalue weighted by atomic mass is 9.72. The maximum absolute atomic E-state index is 12.0. The van der Waals surface area contributed by atoms with E-state index in [0.717, 1.165) is 12.2 Å². The minimum absolute atomic E-state index is 0.00897. The third-order valence-electron chi connectivity index (χ3n) is 4.11. The Morgan fingerprint density at radius 3 is 3.05 bits per heavy atom. The summed E-state index contributed by atoms with van der Waals surface area (Å²) in [5, 5.41) is 12.9. The van der Waals surface area contributed by atoms with E-state index in [0.29, 0.717) is 0 Å². The van der Waals surface area contributed by atoms with Gasteiger partial charge < -0.3 is 20.1 Å². The van der Waals surface area contributed by atoms with Crippen molar-refractivity contribution in [1.29, 1.82) is 0 Å². The molecule has 102 valence electrons. The summed E-state index contributed by atoms with van der Waals surface area (Å²) in [5.41, 5.74) is 2.31. The number of nitrogens with zero attached hydrogens (tertiary/aromatic N) is 1. The number of amides is 1. The van der Waals surface area contributed by atoms with Crippen LogP contribution in [0.5, 0.6) is 0 Å². The Morgan fingerprint density at radius 2 is 2.32 bits per heavy atom. The van der Waals surface area contributed by atoms with E-state index in [1.165, 1.54) is 12.7 Å². The molecule has 0 aromatic heterocycles. The van der Waals surface area contributed by atoms with E-state index in [-0.39, 0.29) is 37.1 Å². The van der Waals surface area contributed by atoms with E-state index in [1.807, 2.05) is 18.2 Å². The van der Waals surface area contributed by atoms with E-state index in [9.17, 15) is 9.90 Å². The second-order valence-corrected chi connectivity index (χ2v) is 5.05. The molecule has 1 aromatic carbocycles. The number of hydrogen-bond donors (Lipinski definition) is 2. The van der Waals surface area contributed by atoms with Gasteiger partial charge >= 0.3 is 0 Å². The van der Waals surface area contributed by atoms with Crippen molar-refractivity contribution < 1.29 is 14.6 Å². The van der Waals surface area contributed by atoms with Gasteiger partial charge in [-0.3, -0.25) is 4.79 Å². The molecular weight excluding hydrogens is 244 g/mol. The predicted molar refractivity (Wildman–Crippen MR) is 71.1 cm³/mol. The lowest BCUT2D eigenvalue weighted by molar-refractivity contribution is -0.154. The first-order chi connectivity index (χ1) is 9.27. The minimum atomic E-state index is -0.129. The number of likely N-dealkylation sites (tertiary alicyclic amines) is 1. The Balaban J connectivity index is 1.87. The number of aliphatic hydroxyl groups is 1. The molecule has 0 bridgehead atoms. The van der Waals surface area contributed by atoms with Crippen molar-refractivity contribution in [1.82, 2.24) is 4.90 Å². The maximum atomic E-state index is 12.0. The SMILES string of the molecule is COCC(=O)N1[C@H](CO)[C@H]2c3ccccc3NC[C@H]21. The van der Waals surface area contributed by atoms with Gasteiger partial charge in [0.2, 0.25) is 5.91 Å². The Morgan fingerprint density at radius 1 is 1.53 bits per heavy atom. The van der Waals surface area contributed by atoms with Gasteiger partial charge in [0.25, 0.3) is 0 Å². The highest BCUT2D eigenvalue weighted by molar-refractivity contribution is 5.80. The highest BCUT2D eigenvalue weighted by atomic mass is 16.5. The quantitative estimate of drug-likeness (QED) is 0.828. The van der Waals surface area contributed by atoms with Gasteiger partial charge in [-0.05, 0) is 11.6 Å². The molecule has 2 N–H and O–H groups in total. The largest absolute Gasteiger partial charge is 0.394 e. The van der Waals surface area contributed by atoms with Crippen molar-refractivity contribution in [3.8, 4) is 0 Å². The highest BCUT2D eigenvalue weighted by Gasteiger charge is 2.52. The van der Waals surface area contributed by atoms with Gasteiger partial charge in [0, 0.05) is 25.3 Å². The van der Waals surface area contributed by atoms with Gasteiger partial charge in [0.05, 0.1) is 18.7 Å². The monoisotopic (exact) mass is 262 g/mol. The van der Waals surface area contributed by atoms with Gasteiger partial charge in [-0.25, -0.2) is 0 Å². The van der Waals surface area contributed by atoms with Gasteiger partial charge in [-0.1, -0.05) is 18.2 Å². The summed E-state index contributed by atoms with van der Waals surface area (Å²) in [4.78, 5) is 13.8. The van der Waals surface area contributed by atoms with E-state index >= 15 is 0 Å². The number of rotatable bonds is 3. The van der Waals surface area contributed by atoms with Gasteiger partial charge in [0.15, 0.2) is 0 Å². The number of hydrogen-bond acceptors (Lipinski definition) is 4. The first-order valence-electron chi connectivity index (χ1n) is 6.51. The van der Waals surface area contributed by atoms with E-state index < -0.39 is 0 Å². The number of carbonyl (C=O) groups is 1. The summed E-state index contributed by atoms with van der Waals surface area (Å²) in [5.74, 6) is 0.173. The van der Waals surface area contributed by atoms with Crippen LogP contribution in [0, 0.1) is 0 Å². The van der Waals surface area contributed by atoms with Gasteiger partial charge in [0.1, 0.15) is 6.61 Å². The molecule has 0 spiro atoms. The van der Waals surface area contributed by atoms with Crippen molar-refractivity contribution in [3.63, 3.8) is 0 Å². The highest BCUT2D eigenvalue weighted by Crippen LogP contribution is 2.45. The normalized spacial score (nSPS) is 27.9. The summed E-state index contributed by atoms with van der Waals surface area (Å²) < 4.78 is 4.91. The molecule has 0 aliphatic carbocycles. The van der Waals surface area contributed by atoms with Crippen LogP contribution in [0.1, 0.15) is 11.5 Å². The predicted octanol–water partition coefficient (Wildman–Crippen LogP) is 0.414. The number of carbonyl (C=O) groups excluding carboxylic acids is 1. The molecule has 1 fully saturated rings. The number of para-hydroxylation sites is 1. The first-order valence-corrected chi connectivity index (χ1v) is 6.51. The summed E-state index contributed by atoms with van der Waals surface area (Å²) in [6.07, 6.45) is 0. The van der Waals surface area contributed by atoms with Crippen LogP contribution in [0.15, 0.2) is 24.3 Å². The molecule has 1 saturated heterocycles. The van der Waals surface area contributed by atoms with Crippen molar-refractivity contribution in [3.05, 3.63) is 29.8 Å². The van der Waals surface area contributed by atoms with Crippen LogP contribution in [-0.2, 0) is 9.53 Å². The standard InChI is InChI=1S/C14H18N2O3/c1-19-8-13(18)16-11-6-15-10-5-3-2-4-9(10)14(11)12(16)7-17/h2-5,11-12,14-15,17H,6-8H2,1H3/t11-,12-,14+/m1/s1. The lowest BCUT2D eigenvalue weighted by Gasteiger charge is -2.57. The zero-order valence-corrected chi connectivity index (χ0v) is 10.9. The fraction of sp³-hybridized carbons (Fsp3) is 0.500. The zero-order chi connectivity index (χ0) is 13.4. The van der Waals surface area contributed by atoms with Crippen LogP contribution in [0.25, 0.3) is 0 Å². The Labute approximate surface area is 112 Å². The lowest BCUT2D eigenvalue weighted by Crippen LogP contribution is -2.69. The van der Waals surface area contributed by atoms with Crippen LogP contribution in [0.4, 0.5) is 5.69 Å². The molecule has 1 aromatic rings. The number of anilines is 1. The molecule has 2 aliphatic heterocycles. The number of nitrogens with one attached hydrogen (secondary N) is 1. The molecule has 1 amide bonds. The first kappa shape index (κ1) is 12.4. The Hall–Kier alpha value is -1.59. The van der Waals surface area contributed by atoms with Crippen LogP contribution in [-0.4, -0.2) is 54.9 Å². The number of ether oxygens (including phenoxy) is 1. The molecule has 3 atom stereocenters. The summed E-state index contributed by atoms with van der Waals surface area (Å²) in [6.45, 7) is 0.792. The summed E-state index contributed by atoms with van der Waals surface area (Å²) in [7, 11) is 1.51. The van der Waals surface area contributed by atoms with Crippen molar-refractivity contribution in [2.45, 2.75) is 18.0 Å². The van der Waals surface area contributed by atoms with Gasteiger partial charge in [-0.2, -0.15) is 0 Å². The van der Waals surface area contributed by atoms with Crippen LogP contribution < -0.4 is 5.32 Å². The van der Waals surface area contributed by atoms with E-state index in [1.54, 1.807) is 4.90 Å². The van der Waals surface area contributed by atoms with Crippen molar-refractivity contribution >= 4 is 11.6 Å². The van der Waals surface area contributed by atoms with Crippen molar-refractivity contribution in [2.75, 3.05) is 32.2 Å². The average Bonchev–Trinajstić information content (AvgIpc) is 2.39. The Bertz CT molecular complexity index is 491. The molecule has 2 aliphatic rings. The Kier molecular flexibility index (Phi) is 3.16. The molecule has 0 saturated carbocycles. The third kappa shape index (κ3) is 1.81. The molecule has 3 rings (SSSR count). The summed E-state index contributed by atoms with van der Waals surface area (Å²) >= 11 is 0. The fourth-order valence-corrected chi connectivity index (χ4v) is 3.32. The summed E-state index contributed by atoms with van der Waals surface area (Å²) in [6, 6.07) is 8.09. The topological polar surface area (TPSA) is 61.8 Å². The minimum Gasteiger partial charge on any atom is -0.394 e. The molecule has 5 heteroatoms. The molecular formula is C14H18N2O3. The molecule has 2 heterocycles. The fourth-order valence-electron chi connectivity index (χ4n) is 3.32. The maximum Gasteiger partial charge on any atom is 0.249 e. The van der Waals surface area contributed by atoms with Crippen LogP contribution in [0.3, 0.4) is 0 Å². The second kappa shape index (κ2) is 4.83. The number of aliphatic hydroxyl groups excluding tert-OH is 1. The molecule has 0 radical (unpaired) electrons. The molecule has 19 heavy (non-hydrogen) atoms.